The summed E-state index contributed by atoms with van der Waals surface area (Å²) in [6, 6.07) is 0. The Morgan fingerprint density at radius 2 is 1.78 bits per heavy atom. The molecule has 7 heteroatoms. The molecule has 0 spiro atoms. The summed E-state index contributed by atoms with van der Waals surface area (Å²) in [5.41, 5.74) is 7.00. The maximum absolute atomic E-state index is 6.32. The van der Waals surface area contributed by atoms with Gasteiger partial charge in [0.15, 0.2) is 11.6 Å². The number of morpholine rings is 1. The van der Waals surface area contributed by atoms with Gasteiger partial charge in [0.05, 0.1) is 13.2 Å². The number of rotatable bonds is 5. The number of hydrogen-bond donors (Lipinski definition) is 2. The van der Waals surface area contributed by atoms with Crippen LogP contribution in [0.25, 0.3) is 0 Å². The molecular weight excluding hydrogens is 292 g/mol. The zero-order chi connectivity index (χ0) is 15.9. The summed E-state index contributed by atoms with van der Waals surface area (Å²) in [5.74, 6) is 1.64. The highest BCUT2D eigenvalue weighted by molar-refractivity contribution is 5.74. The van der Waals surface area contributed by atoms with Gasteiger partial charge < -0.3 is 20.7 Å². The van der Waals surface area contributed by atoms with Crippen LogP contribution in [0.1, 0.15) is 25.7 Å². The van der Waals surface area contributed by atoms with E-state index in [1.165, 1.54) is 25.7 Å². The molecule has 2 aliphatic heterocycles. The Morgan fingerprint density at radius 1 is 1.04 bits per heavy atom. The lowest BCUT2D eigenvalue weighted by molar-refractivity contribution is 0.0398. The van der Waals surface area contributed by atoms with E-state index >= 15 is 0 Å². The minimum atomic E-state index is 0.677. The fraction of sp³-hybridized carbons (Fsp3) is 0.750. The molecule has 0 saturated carbocycles. The van der Waals surface area contributed by atoms with E-state index in [4.69, 9.17) is 10.5 Å². The van der Waals surface area contributed by atoms with Gasteiger partial charge in [-0.25, -0.2) is 9.97 Å². The van der Waals surface area contributed by atoms with E-state index in [2.05, 4.69) is 25.1 Å². The summed E-state index contributed by atoms with van der Waals surface area (Å²) in [6.45, 7) is 7.54. The van der Waals surface area contributed by atoms with Crippen molar-refractivity contribution in [2.75, 3.05) is 68.4 Å². The topological polar surface area (TPSA) is 79.5 Å². The van der Waals surface area contributed by atoms with Crippen molar-refractivity contribution in [2.45, 2.75) is 25.7 Å². The standard InChI is InChI=1S/C16H28N6O/c17-14-15(18-5-8-21-9-11-23-12-10-21)19-13-20-16(14)22-6-3-1-2-4-7-22/h13H,1-12,17H2,(H,18,19,20). The quantitative estimate of drug-likeness (QED) is 0.843. The highest BCUT2D eigenvalue weighted by Gasteiger charge is 2.17. The van der Waals surface area contributed by atoms with E-state index in [1.54, 1.807) is 6.33 Å². The molecule has 2 fully saturated rings. The van der Waals surface area contributed by atoms with Crippen LogP contribution in [-0.2, 0) is 4.74 Å². The second-order valence-electron chi connectivity index (χ2n) is 6.24. The Labute approximate surface area is 138 Å². The molecule has 1 aromatic rings. The second kappa shape index (κ2) is 8.31. The zero-order valence-corrected chi connectivity index (χ0v) is 13.8. The molecular formula is C16H28N6O. The molecule has 1 aromatic heterocycles. The number of nitrogen functional groups attached to an aromatic ring is 1. The molecule has 23 heavy (non-hydrogen) atoms. The van der Waals surface area contributed by atoms with Gasteiger partial charge in [-0.15, -0.1) is 0 Å². The van der Waals surface area contributed by atoms with Gasteiger partial charge in [-0.3, -0.25) is 4.90 Å². The van der Waals surface area contributed by atoms with Gasteiger partial charge in [0, 0.05) is 39.3 Å². The van der Waals surface area contributed by atoms with Gasteiger partial charge in [0.25, 0.3) is 0 Å². The van der Waals surface area contributed by atoms with E-state index in [-0.39, 0.29) is 0 Å². The van der Waals surface area contributed by atoms with Crippen molar-refractivity contribution >= 4 is 17.3 Å². The van der Waals surface area contributed by atoms with Crippen LogP contribution < -0.4 is 16.0 Å². The molecule has 3 N–H and O–H groups in total. The summed E-state index contributed by atoms with van der Waals surface area (Å²) in [5, 5.41) is 3.37. The van der Waals surface area contributed by atoms with Crippen LogP contribution in [-0.4, -0.2) is 67.4 Å². The van der Waals surface area contributed by atoms with Crippen LogP contribution in [0.2, 0.25) is 0 Å². The average Bonchev–Trinajstić information content (AvgIpc) is 2.87. The first-order valence-corrected chi connectivity index (χ1v) is 8.74. The Bertz CT molecular complexity index is 483. The van der Waals surface area contributed by atoms with Crippen LogP contribution >= 0.6 is 0 Å². The van der Waals surface area contributed by atoms with Gasteiger partial charge in [0.1, 0.15) is 12.0 Å². The molecule has 3 rings (SSSR count). The molecule has 128 valence electrons. The van der Waals surface area contributed by atoms with Crippen molar-refractivity contribution in [1.82, 2.24) is 14.9 Å². The van der Waals surface area contributed by atoms with Gasteiger partial charge >= 0.3 is 0 Å². The molecule has 0 aliphatic carbocycles. The number of ether oxygens (including phenoxy) is 1. The van der Waals surface area contributed by atoms with Gasteiger partial charge in [-0.05, 0) is 12.8 Å². The molecule has 3 heterocycles. The van der Waals surface area contributed by atoms with Crippen LogP contribution in [0.15, 0.2) is 6.33 Å². The molecule has 2 aliphatic rings. The molecule has 0 aromatic carbocycles. The van der Waals surface area contributed by atoms with Crippen molar-refractivity contribution < 1.29 is 4.74 Å². The van der Waals surface area contributed by atoms with Crippen LogP contribution in [0.4, 0.5) is 17.3 Å². The number of nitrogens with two attached hydrogens (primary N) is 1. The monoisotopic (exact) mass is 320 g/mol. The van der Waals surface area contributed by atoms with E-state index in [9.17, 15) is 0 Å². The van der Waals surface area contributed by atoms with Gasteiger partial charge in [-0.2, -0.15) is 0 Å². The molecule has 0 bridgehead atoms. The Balaban J connectivity index is 1.57. The minimum Gasteiger partial charge on any atom is -0.393 e. The SMILES string of the molecule is Nc1c(NCCN2CCOCC2)ncnc1N1CCCCCC1. The highest BCUT2D eigenvalue weighted by Crippen LogP contribution is 2.27. The minimum absolute atomic E-state index is 0.677. The summed E-state index contributed by atoms with van der Waals surface area (Å²) in [6.07, 6.45) is 6.64. The predicted octanol–water partition coefficient (Wildman–Crippen LogP) is 1.18. The second-order valence-corrected chi connectivity index (χ2v) is 6.24. The summed E-state index contributed by atoms with van der Waals surface area (Å²) in [7, 11) is 0. The third-order valence-corrected chi connectivity index (χ3v) is 4.59. The lowest BCUT2D eigenvalue weighted by Crippen LogP contribution is -2.39. The van der Waals surface area contributed by atoms with Crippen molar-refractivity contribution in [2.24, 2.45) is 0 Å². The van der Waals surface area contributed by atoms with E-state index < -0.39 is 0 Å². The van der Waals surface area contributed by atoms with Crippen LogP contribution in [0.5, 0.6) is 0 Å². The summed E-state index contributed by atoms with van der Waals surface area (Å²) in [4.78, 5) is 13.4. The Kier molecular flexibility index (Phi) is 5.87. The normalized spacial score (nSPS) is 20.3. The number of nitrogens with one attached hydrogen (secondary N) is 1. The molecule has 2 saturated heterocycles. The van der Waals surface area contributed by atoms with Crippen molar-refractivity contribution in [1.29, 1.82) is 0 Å². The van der Waals surface area contributed by atoms with E-state index in [1.807, 2.05) is 0 Å². The smallest absolute Gasteiger partial charge is 0.157 e. The van der Waals surface area contributed by atoms with Crippen molar-refractivity contribution in [3.63, 3.8) is 0 Å². The number of hydrogen-bond acceptors (Lipinski definition) is 7. The Morgan fingerprint density at radius 3 is 2.52 bits per heavy atom. The molecule has 0 atom stereocenters. The molecule has 0 amide bonds. The van der Waals surface area contributed by atoms with Crippen molar-refractivity contribution in [3.8, 4) is 0 Å². The maximum atomic E-state index is 6.32. The average molecular weight is 320 g/mol. The fourth-order valence-electron chi connectivity index (χ4n) is 3.22. The van der Waals surface area contributed by atoms with E-state index in [0.29, 0.717) is 5.69 Å². The predicted molar refractivity (Wildman–Crippen MR) is 92.9 cm³/mol. The lowest BCUT2D eigenvalue weighted by atomic mass is 10.2. The Hall–Kier alpha value is -1.60. The number of anilines is 3. The summed E-state index contributed by atoms with van der Waals surface area (Å²) < 4.78 is 5.37. The first-order valence-electron chi connectivity index (χ1n) is 8.74. The fourth-order valence-corrected chi connectivity index (χ4v) is 3.22. The molecule has 0 radical (unpaired) electrons. The van der Waals surface area contributed by atoms with Crippen LogP contribution in [0.3, 0.4) is 0 Å². The van der Waals surface area contributed by atoms with Crippen molar-refractivity contribution in [3.05, 3.63) is 6.33 Å². The largest absolute Gasteiger partial charge is 0.393 e. The molecule has 0 unspecified atom stereocenters. The maximum Gasteiger partial charge on any atom is 0.157 e. The lowest BCUT2D eigenvalue weighted by Gasteiger charge is -2.27. The first-order chi connectivity index (χ1) is 11.3. The zero-order valence-electron chi connectivity index (χ0n) is 13.8. The third-order valence-electron chi connectivity index (χ3n) is 4.59. The van der Waals surface area contributed by atoms with E-state index in [0.717, 1.165) is 64.1 Å². The van der Waals surface area contributed by atoms with Crippen LogP contribution in [0, 0.1) is 0 Å². The summed E-state index contributed by atoms with van der Waals surface area (Å²) >= 11 is 0. The van der Waals surface area contributed by atoms with Gasteiger partial charge in [0.2, 0.25) is 0 Å². The highest BCUT2D eigenvalue weighted by atomic mass is 16.5. The third kappa shape index (κ3) is 4.45. The van der Waals surface area contributed by atoms with Gasteiger partial charge in [-0.1, -0.05) is 12.8 Å². The first kappa shape index (κ1) is 16.3. The molecule has 7 nitrogen and oxygen atoms in total. The number of aromatic nitrogens is 2. The number of nitrogens with zero attached hydrogens (tertiary/aromatic N) is 4.